The number of nitrogens with one attached hydrogen (secondary N) is 1. The Kier molecular flexibility index (Phi) is 3.24. The van der Waals surface area contributed by atoms with Gasteiger partial charge in [0.15, 0.2) is 0 Å². The number of rotatable bonds is 4. The van der Waals surface area contributed by atoms with Gasteiger partial charge >= 0.3 is 6.03 Å². The van der Waals surface area contributed by atoms with Gasteiger partial charge in [-0.25, -0.2) is 4.79 Å². The number of nitrogens with zero attached hydrogens (tertiary/aromatic N) is 3. The number of likely N-dealkylation sites (tertiary alicyclic amines) is 1. The number of aromatic nitrogens is 2. The van der Waals surface area contributed by atoms with Gasteiger partial charge in [0.05, 0.1) is 12.2 Å². The van der Waals surface area contributed by atoms with E-state index in [-0.39, 0.29) is 23.0 Å². The minimum Gasteiger partial charge on any atom is -0.338 e. The summed E-state index contributed by atoms with van der Waals surface area (Å²) in [5.74, 6) is 0. The maximum atomic E-state index is 12.4. The van der Waals surface area contributed by atoms with E-state index in [1.54, 1.807) is 4.68 Å². The van der Waals surface area contributed by atoms with E-state index < -0.39 is 0 Å². The lowest BCUT2D eigenvalue weighted by Crippen LogP contribution is -2.60. The van der Waals surface area contributed by atoms with E-state index in [1.165, 1.54) is 0 Å². The molecule has 1 saturated carbocycles. The Morgan fingerprint density at radius 1 is 1.52 bits per heavy atom. The zero-order valence-corrected chi connectivity index (χ0v) is 13.1. The summed E-state index contributed by atoms with van der Waals surface area (Å²) in [4.78, 5) is 14.3. The molecule has 0 spiro atoms. The first-order valence-corrected chi connectivity index (χ1v) is 7.63. The molecule has 21 heavy (non-hydrogen) atoms. The SMILES string of the molecule is Cn1cc(C2N(C(=O)NCCC3(N)CC3)CC2(C)C)cn1. The van der Waals surface area contributed by atoms with Crippen molar-refractivity contribution >= 4 is 6.03 Å². The number of urea groups is 1. The van der Waals surface area contributed by atoms with Crippen LogP contribution in [0.1, 0.15) is 44.7 Å². The van der Waals surface area contributed by atoms with Gasteiger partial charge in [-0.1, -0.05) is 13.8 Å². The lowest BCUT2D eigenvalue weighted by atomic mass is 9.72. The fraction of sp³-hybridized carbons (Fsp3) is 0.733. The molecule has 3 N–H and O–H groups in total. The van der Waals surface area contributed by atoms with Crippen molar-refractivity contribution < 1.29 is 4.79 Å². The van der Waals surface area contributed by atoms with E-state index in [0.717, 1.165) is 31.4 Å². The fourth-order valence-electron chi connectivity index (χ4n) is 3.26. The number of amides is 2. The molecule has 0 bridgehead atoms. The second-order valence-electron chi connectivity index (χ2n) is 7.31. The Hall–Kier alpha value is -1.56. The Bertz CT molecular complexity index is 546. The van der Waals surface area contributed by atoms with Gasteiger partial charge in [-0.3, -0.25) is 4.68 Å². The minimum atomic E-state index is -0.00967. The van der Waals surface area contributed by atoms with E-state index in [2.05, 4.69) is 24.3 Å². The third-order valence-corrected chi connectivity index (χ3v) is 4.72. The molecule has 1 saturated heterocycles. The highest BCUT2D eigenvalue weighted by atomic mass is 16.2. The number of hydrogen-bond donors (Lipinski definition) is 2. The summed E-state index contributed by atoms with van der Waals surface area (Å²) in [6.07, 6.45) is 6.87. The van der Waals surface area contributed by atoms with Crippen LogP contribution in [0.15, 0.2) is 12.4 Å². The van der Waals surface area contributed by atoms with Crippen molar-refractivity contribution in [2.75, 3.05) is 13.1 Å². The van der Waals surface area contributed by atoms with Crippen molar-refractivity contribution in [1.29, 1.82) is 0 Å². The molecule has 6 heteroatoms. The molecule has 1 unspecified atom stereocenters. The summed E-state index contributed by atoms with van der Waals surface area (Å²) in [5.41, 5.74) is 7.22. The van der Waals surface area contributed by atoms with Crippen molar-refractivity contribution in [2.24, 2.45) is 18.2 Å². The van der Waals surface area contributed by atoms with Crippen LogP contribution < -0.4 is 11.1 Å². The molecule has 1 aliphatic carbocycles. The second-order valence-corrected chi connectivity index (χ2v) is 7.31. The maximum absolute atomic E-state index is 12.4. The topological polar surface area (TPSA) is 76.2 Å². The molecule has 3 rings (SSSR count). The summed E-state index contributed by atoms with van der Waals surface area (Å²) in [6.45, 7) is 5.80. The van der Waals surface area contributed by atoms with Crippen LogP contribution in [0.5, 0.6) is 0 Å². The van der Waals surface area contributed by atoms with Gasteiger partial charge < -0.3 is 16.0 Å². The lowest BCUT2D eigenvalue weighted by molar-refractivity contribution is -0.0164. The Morgan fingerprint density at radius 2 is 2.24 bits per heavy atom. The molecule has 1 aliphatic heterocycles. The van der Waals surface area contributed by atoms with E-state index in [9.17, 15) is 4.79 Å². The largest absolute Gasteiger partial charge is 0.338 e. The standard InChI is InChI=1S/C15H25N5O/c1-14(2)10-20(12(14)11-8-18-19(3)9-11)13(21)17-7-6-15(16)4-5-15/h8-9,12H,4-7,10,16H2,1-3H3,(H,17,21). The number of carbonyl (C=O) groups excluding carboxylic acids is 1. The highest BCUT2D eigenvalue weighted by Gasteiger charge is 2.49. The van der Waals surface area contributed by atoms with Crippen LogP contribution in [0.25, 0.3) is 0 Å². The number of carbonyl (C=O) groups is 1. The van der Waals surface area contributed by atoms with E-state index in [1.807, 2.05) is 24.3 Å². The smallest absolute Gasteiger partial charge is 0.317 e. The van der Waals surface area contributed by atoms with Crippen LogP contribution in [0.4, 0.5) is 4.79 Å². The average Bonchev–Trinajstić information content (AvgIpc) is 2.97. The van der Waals surface area contributed by atoms with Gasteiger partial charge in [-0.15, -0.1) is 0 Å². The number of nitrogens with two attached hydrogens (primary N) is 1. The van der Waals surface area contributed by atoms with E-state index in [4.69, 9.17) is 5.73 Å². The molecule has 0 aromatic carbocycles. The van der Waals surface area contributed by atoms with Gasteiger partial charge in [0.1, 0.15) is 0 Å². The monoisotopic (exact) mass is 291 g/mol. The molecule has 2 amide bonds. The number of aryl methyl sites for hydroxylation is 1. The first-order chi connectivity index (χ1) is 9.81. The van der Waals surface area contributed by atoms with Gasteiger partial charge in [-0.05, 0) is 19.3 Å². The van der Waals surface area contributed by atoms with Crippen molar-refractivity contribution in [3.8, 4) is 0 Å². The predicted molar refractivity (Wildman–Crippen MR) is 80.6 cm³/mol. The lowest BCUT2D eigenvalue weighted by Gasteiger charge is -2.53. The first-order valence-electron chi connectivity index (χ1n) is 7.63. The van der Waals surface area contributed by atoms with Crippen molar-refractivity contribution in [3.63, 3.8) is 0 Å². The molecule has 2 heterocycles. The number of hydrogen-bond acceptors (Lipinski definition) is 3. The van der Waals surface area contributed by atoms with Crippen molar-refractivity contribution in [2.45, 2.75) is 44.7 Å². The Balaban J connectivity index is 1.60. The molecule has 1 atom stereocenters. The maximum Gasteiger partial charge on any atom is 0.317 e. The van der Waals surface area contributed by atoms with Crippen LogP contribution in [0.2, 0.25) is 0 Å². The van der Waals surface area contributed by atoms with Gasteiger partial charge in [0, 0.05) is 42.9 Å². The summed E-state index contributed by atoms with van der Waals surface area (Å²) in [6, 6.07) is 0.103. The molecule has 116 valence electrons. The summed E-state index contributed by atoms with van der Waals surface area (Å²) in [7, 11) is 1.90. The normalized spacial score (nSPS) is 25.3. The van der Waals surface area contributed by atoms with Crippen molar-refractivity contribution in [1.82, 2.24) is 20.0 Å². The highest BCUT2D eigenvalue weighted by Crippen LogP contribution is 2.48. The van der Waals surface area contributed by atoms with Gasteiger partial charge in [0.2, 0.25) is 0 Å². The third-order valence-electron chi connectivity index (χ3n) is 4.72. The Morgan fingerprint density at radius 3 is 2.76 bits per heavy atom. The van der Waals surface area contributed by atoms with Crippen LogP contribution >= 0.6 is 0 Å². The molecule has 2 fully saturated rings. The van der Waals surface area contributed by atoms with Crippen LogP contribution in [0, 0.1) is 5.41 Å². The van der Waals surface area contributed by atoms with Gasteiger partial charge in [-0.2, -0.15) is 5.10 Å². The first kappa shape index (κ1) is 14.4. The molecular weight excluding hydrogens is 266 g/mol. The summed E-state index contributed by atoms with van der Waals surface area (Å²) >= 11 is 0. The van der Waals surface area contributed by atoms with E-state index >= 15 is 0 Å². The van der Waals surface area contributed by atoms with E-state index in [0.29, 0.717) is 6.54 Å². The minimum absolute atomic E-state index is 0.00688. The second kappa shape index (κ2) is 4.73. The van der Waals surface area contributed by atoms with Crippen molar-refractivity contribution in [3.05, 3.63) is 18.0 Å². The zero-order valence-electron chi connectivity index (χ0n) is 13.1. The Labute approximate surface area is 125 Å². The van der Waals surface area contributed by atoms with Crippen LogP contribution in [0.3, 0.4) is 0 Å². The quantitative estimate of drug-likeness (QED) is 0.880. The molecule has 1 aromatic rings. The van der Waals surface area contributed by atoms with Gasteiger partial charge in [0.25, 0.3) is 0 Å². The summed E-state index contributed by atoms with van der Waals surface area (Å²) in [5, 5.41) is 7.23. The molecule has 2 aliphatic rings. The predicted octanol–water partition coefficient (Wildman–Crippen LogP) is 1.39. The molecule has 0 radical (unpaired) electrons. The highest BCUT2D eigenvalue weighted by molar-refractivity contribution is 5.76. The fourth-order valence-corrected chi connectivity index (χ4v) is 3.26. The zero-order chi connectivity index (χ0) is 15.3. The summed E-state index contributed by atoms with van der Waals surface area (Å²) < 4.78 is 1.78. The molecular formula is C15H25N5O. The van der Waals surface area contributed by atoms with Crippen LogP contribution in [-0.4, -0.2) is 39.3 Å². The third kappa shape index (κ3) is 2.77. The average molecular weight is 291 g/mol. The molecule has 6 nitrogen and oxygen atoms in total. The molecule has 1 aromatic heterocycles. The van der Waals surface area contributed by atoms with Crippen LogP contribution in [-0.2, 0) is 7.05 Å².